The number of hydrogen-bond acceptors (Lipinski definition) is 2. The molecule has 0 fully saturated rings. The van der Waals surface area contributed by atoms with Crippen molar-refractivity contribution in [1.82, 2.24) is 0 Å². The van der Waals surface area contributed by atoms with Gasteiger partial charge < -0.3 is 10.5 Å². The van der Waals surface area contributed by atoms with E-state index in [2.05, 4.69) is 0 Å². The molecule has 0 saturated carbocycles. The van der Waals surface area contributed by atoms with Gasteiger partial charge in [-0.15, -0.1) is 0 Å². The van der Waals surface area contributed by atoms with Crippen LogP contribution >= 0.6 is 0 Å². The highest BCUT2D eigenvalue weighted by Gasteiger charge is 2.12. The zero-order chi connectivity index (χ0) is 10.7. The van der Waals surface area contributed by atoms with Crippen molar-refractivity contribution in [2.24, 2.45) is 5.73 Å². The molecule has 78 valence electrons. The monoisotopic (exact) mass is 197 g/mol. The van der Waals surface area contributed by atoms with E-state index in [1.165, 1.54) is 13.2 Å². The van der Waals surface area contributed by atoms with E-state index in [-0.39, 0.29) is 23.5 Å². The molecule has 3 heteroatoms. The van der Waals surface area contributed by atoms with E-state index in [4.69, 9.17) is 10.5 Å². The Hall–Kier alpha value is -1.09. The van der Waals surface area contributed by atoms with Gasteiger partial charge in [-0.2, -0.15) is 0 Å². The molecular formula is C11H16FNO. The van der Waals surface area contributed by atoms with E-state index in [1.807, 2.05) is 13.8 Å². The van der Waals surface area contributed by atoms with Gasteiger partial charge in [0.05, 0.1) is 7.11 Å². The molecule has 0 spiro atoms. The zero-order valence-electron chi connectivity index (χ0n) is 8.75. The quantitative estimate of drug-likeness (QED) is 0.806. The molecule has 2 atom stereocenters. The highest BCUT2D eigenvalue weighted by molar-refractivity contribution is 5.32. The van der Waals surface area contributed by atoms with Crippen molar-refractivity contribution >= 4 is 0 Å². The second-order valence-corrected chi connectivity index (χ2v) is 3.54. The third-order valence-corrected chi connectivity index (χ3v) is 2.49. The lowest BCUT2D eigenvalue weighted by molar-refractivity contribution is 0.385. The summed E-state index contributed by atoms with van der Waals surface area (Å²) in [6.07, 6.45) is 0. The maximum absolute atomic E-state index is 13.1. The van der Waals surface area contributed by atoms with E-state index in [0.717, 1.165) is 5.56 Å². The molecule has 0 amide bonds. The minimum Gasteiger partial charge on any atom is -0.494 e. The molecule has 0 aliphatic rings. The second-order valence-electron chi connectivity index (χ2n) is 3.54. The van der Waals surface area contributed by atoms with E-state index < -0.39 is 0 Å². The molecule has 2 unspecified atom stereocenters. The Morgan fingerprint density at radius 3 is 2.50 bits per heavy atom. The molecule has 1 rings (SSSR count). The summed E-state index contributed by atoms with van der Waals surface area (Å²) in [4.78, 5) is 0. The summed E-state index contributed by atoms with van der Waals surface area (Å²) >= 11 is 0. The lowest BCUT2D eigenvalue weighted by Crippen LogP contribution is -2.22. The summed E-state index contributed by atoms with van der Waals surface area (Å²) in [7, 11) is 1.46. The van der Waals surface area contributed by atoms with Crippen LogP contribution in [0.4, 0.5) is 4.39 Å². The molecule has 0 aliphatic heterocycles. The normalized spacial score (nSPS) is 14.9. The van der Waals surface area contributed by atoms with Gasteiger partial charge >= 0.3 is 0 Å². The first-order chi connectivity index (χ1) is 6.56. The Labute approximate surface area is 83.9 Å². The topological polar surface area (TPSA) is 35.2 Å². The third kappa shape index (κ3) is 2.23. The standard InChI is InChI=1S/C11H16FNO/c1-7(8(2)13)9-4-5-10(12)11(6-9)14-3/h4-8H,13H2,1-3H3. The summed E-state index contributed by atoms with van der Waals surface area (Å²) in [5.41, 5.74) is 6.76. The predicted molar refractivity (Wildman–Crippen MR) is 55.0 cm³/mol. The molecule has 1 aromatic rings. The summed E-state index contributed by atoms with van der Waals surface area (Å²) in [5, 5.41) is 0. The largest absolute Gasteiger partial charge is 0.494 e. The van der Waals surface area contributed by atoms with E-state index in [0.29, 0.717) is 0 Å². The SMILES string of the molecule is COc1cc(C(C)C(C)N)ccc1F. The van der Waals surface area contributed by atoms with Gasteiger partial charge in [0.15, 0.2) is 11.6 Å². The molecule has 2 nitrogen and oxygen atoms in total. The van der Waals surface area contributed by atoms with Gasteiger partial charge in [-0.1, -0.05) is 13.0 Å². The van der Waals surface area contributed by atoms with Gasteiger partial charge in [0.2, 0.25) is 0 Å². The highest BCUT2D eigenvalue weighted by Crippen LogP contribution is 2.24. The Balaban J connectivity index is 3.00. The van der Waals surface area contributed by atoms with Crippen LogP contribution in [-0.4, -0.2) is 13.2 Å². The Bertz CT molecular complexity index is 312. The molecule has 0 saturated heterocycles. The van der Waals surface area contributed by atoms with Gasteiger partial charge in [-0.25, -0.2) is 4.39 Å². The average Bonchev–Trinajstić information content (AvgIpc) is 2.17. The van der Waals surface area contributed by atoms with Crippen LogP contribution in [0.15, 0.2) is 18.2 Å². The second kappa shape index (κ2) is 4.42. The van der Waals surface area contributed by atoms with Gasteiger partial charge in [0.1, 0.15) is 0 Å². The molecule has 0 radical (unpaired) electrons. The molecule has 14 heavy (non-hydrogen) atoms. The third-order valence-electron chi connectivity index (χ3n) is 2.49. The fourth-order valence-electron chi connectivity index (χ4n) is 1.26. The van der Waals surface area contributed by atoms with Crippen molar-refractivity contribution in [3.63, 3.8) is 0 Å². The number of methoxy groups -OCH3 is 1. The molecule has 2 N–H and O–H groups in total. The number of nitrogens with two attached hydrogens (primary N) is 1. The van der Waals surface area contributed by atoms with Gasteiger partial charge in [-0.3, -0.25) is 0 Å². The summed E-state index contributed by atoms with van der Waals surface area (Å²) in [6.45, 7) is 3.94. The van der Waals surface area contributed by atoms with Crippen molar-refractivity contribution in [2.45, 2.75) is 25.8 Å². The number of halogens is 1. The first kappa shape index (κ1) is 11.0. The van der Waals surface area contributed by atoms with Crippen LogP contribution in [0.3, 0.4) is 0 Å². The van der Waals surface area contributed by atoms with Crippen molar-refractivity contribution in [3.8, 4) is 5.75 Å². The molecule has 1 aromatic carbocycles. The van der Waals surface area contributed by atoms with Crippen LogP contribution in [0, 0.1) is 5.82 Å². The van der Waals surface area contributed by atoms with Crippen molar-refractivity contribution < 1.29 is 9.13 Å². The average molecular weight is 197 g/mol. The lowest BCUT2D eigenvalue weighted by Gasteiger charge is -2.16. The zero-order valence-corrected chi connectivity index (χ0v) is 8.75. The first-order valence-corrected chi connectivity index (χ1v) is 4.65. The van der Waals surface area contributed by atoms with E-state index >= 15 is 0 Å². The van der Waals surface area contributed by atoms with Crippen molar-refractivity contribution in [3.05, 3.63) is 29.6 Å². The minimum atomic E-state index is -0.340. The molecule has 0 aliphatic carbocycles. The van der Waals surface area contributed by atoms with Crippen molar-refractivity contribution in [2.75, 3.05) is 7.11 Å². The van der Waals surface area contributed by atoms with Gasteiger partial charge in [0, 0.05) is 6.04 Å². The van der Waals surface area contributed by atoms with Gasteiger partial charge in [0.25, 0.3) is 0 Å². The fourth-order valence-corrected chi connectivity index (χ4v) is 1.26. The summed E-state index contributed by atoms with van der Waals surface area (Å²) in [6, 6.07) is 4.90. The van der Waals surface area contributed by atoms with Crippen LogP contribution in [0.25, 0.3) is 0 Å². The van der Waals surface area contributed by atoms with E-state index in [1.54, 1.807) is 12.1 Å². The summed E-state index contributed by atoms with van der Waals surface area (Å²) < 4.78 is 18.0. The van der Waals surface area contributed by atoms with Crippen LogP contribution in [0.5, 0.6) is 5.75 Å². The maximum atomic E-state index is 13.1. The minimum absolute atomic E-state index is 0.0465. The van der Waals surface area contributed by atoms with Gasteiger partial charge in [-0.05, 0) is 30.5 Å². The van der Waals surface area contributed by atoms with Crippen molar-refractivity contribution in [1.29, 1.82) is 0 Å². The Morgan fingerprint density at radius 1 is 1.36 bits per heavy atom. The van der Waals surface area contributed by atoms with Crippen LogP contribution < -0.4 is 10.5 Å². The van der Waals surface area contributed by atoms with Crippen LogP contribution in [0.2, 0.25) is 0 Å². The molecule has 0 bridgehead atoms. The summed E-state index contributed by atoms with van der Waals surface area (Å²) in [5.74, 6) is 0.132. The number of rotatable bonds is 3. The molecular weight excluding hydrogens is 181 g/mol. The van der Waals surface area contributed by atoms with E-state index in [9.17, 15) is 4.39 Å². The smallest absolute Gasteiger partial charge is 0.165 e. The lowest BCUT2D eigenvalue weighted by atomic mass is 9.95. The Kier molecular flexibility index (Phi) is 3.47. The molecule has 0 heterocycles. The predicted octanol–water partition coefficient (Wildman–Crippen LogP) is 2.29. The highest BCUT2D eigenvalue weighted by atomic mass is 19.1. The number of ether oxygens (including phenoxy) is 1. The van der Waals surface area contributed by atoms with Crippen LogP contribution in [0.1, 0.15) is 25.3 Å². The number of benzene rings is 1. The first-order valence-electron chi connectivity index (χ1n) is 4.65. The number of hydrogen-bond donors (Lipinski definition) is 1. The van der Waals surface area contributed by atoms with Crippen LogP contribution in [-0.2, 0) is 0 Å². The fraction of sp³-hybridized carbons (Fsp3) is 0.455. The maximum Gasteiger partial charge on any atom is 0.165 e. The molecule has 0 aromatic heterocycles. The Morgan fingerprint density at radius 2 is 2.00 bits per heavy atom.